The number of nitrogens with zero attached hydrogens (tertiary/aromatic N) is 1. The Balaban J connectivity index is 2.42. The average Bonchev–Trinajstić information content (AvgIpc) is 2.78. The molecule has 0 amide bonds. The number of hydrogen-bond donors (Lipinski definition) is 3. The Morgan fingerprint density at radius 2 is 1.84 bits per heavy atom. The Morgan fingerprint density at radius 1 is 1.16 bits per heavy atom. The van der Waals surface area contributed by atoms with E-state index in [0.717, 1.165) is 10.4 Å². The minimum absolute atomic E-state index is 0.228. The summed E-state index contributed by atoms with van der Waals surface area (Å²) in [5, 5.41) is 11.9. The monoisotopic (exact) mass is 312 g/mol. The lowest BCUT2D eigenvalue weighted by Gasteiger charge is -2.05. The molecule has 0 bridgehead atoms. The Morgan fingerprint density at radius 3 is 2.37 bits per heavy atom. The summed E-state index contributed by atoms with van der Waals surface area (Å²) in [5.74, 6) is -0.228. The SMILES string of the molecule is N=C(N)N/N=C(\c1ccc(Cl)cc1)c1ccc(Cl)s1. The molecule has 1 heterocycles. The van der Waals surface area contributed by atoms with Crippen molar-refractivity contribution < 1.29 is 0 Å². The zero-order valence-electron chi connectivity index (χ0n) is 9.65. The van der Waals surface area contributed by atoms with Gasteiger partial charge >= 0.3 is 0 Å². The summed E-state index contributed by atoms with van der Waals surface area (Å²) in [5.41, 5.74) is 9.21. The summed E-state index contributed by atoms with van der Waals surface area (Å²) in [4.78, 5) is 0.876. The third kappa shape index (κ3) is 3.70. The van der Waals surface area contributed by atoms with Crippen LogP contribution in [0.2, 0.25) is 9.36 Å². The predicted octanol–water partition coefficient (Wildman–Crippen LogP) is 3.29. The molecule has 2 rings (SSSR count). The minimum Gasteiger partial charge on any atom is -0.369 e. The Labute approximate surface area is 124 Å². The third-order valence-corrected chi connectivity index (χ3v) is 3.70. The number of nitrogens with two attached hydrogens (primary N) is 1. The molecular weight excluding hydrogens is 303 g/mol. The molecule has 7 heteroatoms. The van der Waals surface area contributed by atoms with Crippen molar-refractivity contribution in [2.75, 3.05) is 0 Å². The van der Waals surface area contributed by atoms with Crippen LogP contribution in [0.3, 0.4) is 0 Å². The lowest BCUT2D eigenvalue weighted by molar-refractivity contribution is 0.995. The van der Waals surface area contributed by atoms with Crippen molar-refractivity contribution in [3.8, 4) is 0 Å². The van der Waals surface area contributed by atoms with E-state index < -0.39 is 0 Å². The quantitative estimate of drug-likeness (QED) is 0.462. The molecule has 0 atom stereocenters. The summed E-state index contributed by atoms with van der Waals surface area (Å²) in [6.45, 7) is 0. The van der Waals surface area contributed by atoms with Crippen LogP contribution < -0.4 is 11.2 Å². The molecule has 0 spiro atoms. The van der Waals surface area contributed by atoms with E-state index in [1.54, 1.807) is 18.2 Å². The number of hydrogen-bond acceptors (Lipinski definition) is 3. The molecule has 0 radical (unpaired) electrons. The van der Waals surface area contributed by atoms with E-state index in [0.29, 0.717) is 15.1 Å². The fourth-order valence-electron chi connectivity index (χ4n) is 1.43. The van der Waals surface area contributed by atoms with Gasteiger partial charge in [0.05, 0.1) is 9.21 Å². The number of nitrogens with one attached hydrogen (secondary N) is 2. The van der Waals surface area contributed by atoms with E-state index >= 15 is 0 Å². The zero-order valence-corrected chi connectivity index (χ0v) is 12.0. The number of thiophene rings is 1. The van der Waals surface area contributed by atoms with Crippen LogP contribution in [0.25, 0.3) is 0 Å². The Bertz CT molecular complexity index is 619. The largest absolute Gasteiger partial charge is 0.369 e. The summed E-state index contributed by atoms with van der Waals surface area (Å²) in [7, 11) is 0. The van der Waals surface area contributed by atoms with E-state index in [2.05, 4.69) is 10.5 Å². The first-order chi connectivity index (χ1) is 9.06. The second-order valence-electron chi connectivity index (χ2n) is 3.60. The standard InChI is InChI=1S/C12H10Cl2N4S/c13-8-3-1-7(2-4-8)11(17-18-12(15)16)9-5-6-10(14)19-9/h1-6H,(H4,15,16,18)/b17-11+. The van der Waals surface area contributed by atoms with Crippen LogP contribution >= 0.6 is 34.5 Å². The minimum atomic E-state index is -0.228. The van der Waals surface area contributed by atoms with E-state index in [-0.39, 0.29) is 5.96 Å². The van der Waals surface area contributed by atoms with Crippen LogP contribution in [0.1, 0.15) is 10.4 Å². The molecule has 0 aliphatic heterocycles. The fraction of sp³-hybridized carbons (Fsp3) is 0. The third-order valence-electron chi connectivity index (χ3n) is 2.21. The molecule has 98 valence electrons. The Kier molecular flexibility index (Phi) is 4.42. The molecule has 19 heavy (non-hydrogen) atoms. The van der Waals surface area contributed by atoms with Crippen molar-refractivity contribution in [1.29, 1.82) is 5.41 Å². The Hall–Kier alpha value is -1.56. The molecule has 0 aliphatic carbocycles. The van der Waals surface area contributed by atoms with Crippen molar-refractivity contribution >= 4 is 46.2 Å². The van der Waals surface area contributed by atoms with Crippen molar-refractivity contribution in [3.63, 3.8) is 0 Å². The van der Waals surface area contributed by atoms with Gasteiger partial charge in [-0.15, -0.1) is 11.3 Å². The van der Waals surface area contributed by atoms with E-state index in [9.17, 15) is 0 Å². The van der Waals surface area contributed by atoms with Crippen LogP contribution in [-0.2, 0) is 0 Å². The fourth-order valence-corrected chi connectivity index (χ4v) is 2.61. The molecule has 1 aromatic heterocycles. The second kappa shape index (κ2) is 6.06. The molecule has 0 unspecified atom stereocenters. The number of halogens is 2. The molecule has 4 nitrogen and oxygen atoms in total. The van der Waals surface area contributed by atoms with E-state index in [1.807, 2.05) is 18.2 Å². The molecule has 0 fully saturated rings. The van der Waals surface area contributed by atoms with Gasteiger partial charge in [-0.3, -0.25) is 5.41 Å². The molecule has 0 aliphatic rings. The van der Waals surface area contributed by atoms with Crippen LogP contribution in [-0.4, -0.2) is 11.7 Å². The predicted molar refractivity (Wildman–Crippen MR) is 81.5 cm³/mol. The summed E-state index contributed by atoms with van der Waals surface area (Å²) < 4.78 is 0.666. The summed E-state index contributed by atoms with van der Waals surface area (Å²) >= 11 is 13.2. The number of rotatable bonds is 3. The van der Waals surface area contributed by atoms with Crippen molar-refractivity contribution in [3.05, 3.63) is 56.2 Å². The number of hydrazone groups is 1. The highest BCUT2D eigenvalue weighted by molar-refractivity contribution is 7.18. The molecule has 4 N–H and O–H groups in total. The van der Waals surface area contributed by atoms with Gasteiger partial charge < -0.3 is 5.73 Å². The number of benzene rings is 1. The highest BCUT2D eigenvalue weighted by Crippen LogP contribution is 2.25. The van der Waals surface area contributed by atoms with Gasteiger partial charge in [0.2, 0.25) is 5.96 Å². The maximum atomic E-state index is 7.17. The maximum Gasteiger partial charge on any atom is 0.206 e. The highest BCUT2D eigenvalue weighted by atomic mass is 35.5. The molecule has 0 saturated heterocycles. The van der Waals surface area contributed by atoms with E-state index in [4.69, 9.17) is 34.3 Å². The van der Waals surface area contributed by atoms with Gasteiger partial charge in [-0.25, -0.2) is 5.43 Å². The second-order valence-corrected chi connectivity index (χ2v) is 5.75. The van der Waals surface area contributed by atoms with Gasteiger partial charge in [0, 0.05) is 10.6 Å². The average molecular weight is 313 g/mol. The lowest BCUT2D eigenvalue weighted by Crippen LogP contribution is -2.27. The summed E-state index contributed by atoms with van der Waals surface area (Å²) in [6.07, 6.45) is 0. The molecule has 1 aromatic carbocycles. The topological polar surface area (TPSA) is 74.3 Å². The first-order valence-corrected chi connectivity index (χ1v) is 6.83. The first kappa shape index (κ1) is 13.9. The first-order valence-electron chi connectivity index (χ1n) is 5.25. The highest BCUT2D eigenvalue weighted by Gasteiger charge is 2.10. The van der Waals surface area contributed by atoms with Gasteiger partial charge in [0.25, 0.3) is 0 Å². The number of guanidine groups is 1. The van der Waals surface area contributed by atoms with Crippen molar-refractivity contribution in [2.24, 2.45) is 10.8 Å². The van der Waals surface area contributed by atoms with E-state index in [1.165, 1.54) is 11.3 Å². The lowest BCUT2D eigenvalue weighted by atomic mass is 10.1. The van der Waals surface area contributed by atoms with Gasteiger partial charge in [0.15, 0.2) is 0 Å². The van der Waals surface area contributed by atoms with Gasteiger partial charge in [0.1, 0.15) is 5.71 Å². The van der Waals surface area contributed by atoms with Crippen molar-refractivity contribution in [2.45, 2.75) is 0 Å². The van der Waals surface area contributed by atoms with Gasteiger partial charge in [-0.1, -0.05) is 35.3 Å². The van der Waals surface area contributed by atoms with Crippen LogP contribution in [0.15, 0.2) is 41.5 Å². The van der Waals surface area contributed by atoms with Crippen molar-refractivity contribution in [1.82, 2.24) is 5.43 Å². The maximum absolute atomic E-state index is 7.17. The zero-order chi connectivity index (χ0) is 13.8. The van der Waals surface area contributed by atoms with Gasteiger partial charge in [-0.2, -0.15) is 5.10 Å². The van der Waals surface area contributed by atoms with Crippen LogP contribution in [0.4, 0.5) is 0 Å². The molecular formula is C12H10Cl2N4S. The molecule has 0 saturated carbocycles. The van der Waals surface area contributed by atoms with Gasteiger partial charge in [-0.05, 0) is 24.3 Å². The van der Waals surface area contributed by atoms with Crippen LogP contribution in [0.5, 0.6) is 0 Å². The van der Waals surface area contributed by atoms with Crippen LogP contribution in [0, 0.1) is 5.41 Å². The smallest absolute Gasteiger partial charge is 0.206 e. The normalized spacial score (nSPS) is 11.4. The summed E-state index contributed by atoms with van der Waals surface area (Å²) in [6, 6.07) is 10.9. The molecule has 2 aromatic rings.